The van der Waals surface area contributed by atoms with Crippen molar-refractivity contribution in [2.45, 2.75) is 12.6 Å². The van der Waals surface area contributed by atoms with Gasteiger partial charge in [0.1, 0.15) is 0 Å². The molecule has 0 aliphatic carbocycles. The number of pyridine rings is 1. The molecule has 144 valence electrons. The number of hydrogen-bond donors (Lipinski definition) is 2. The van der Waals surface area contributed by atoms with Gasteiger partial charge in [-0.3, -0.25) is 14.6 Å². The van der Waals surface area contributed by atoms with Crippen molar-refractivity contribution < 1.29 is 9.59 Å². The SMILES string of the molecule is CN(C)c1ccc(C(CNC(=O)C(=O)NCc2ccncc2)N(C)C)cc1. The van der Waals surface area contributed by atoms with Gasteiger partial charge in [-0.15, -0.1) is 0 Å². The van der Waals surface area contributed by atoms with E-state index in [4.69, 9.17) is 0 Å². The van der Waals surface area contributed by atoms with Crippen molar-refractivity contribution in [2.75, 3.05) is 39.6 Å². The third kappa shape index (κ3) is 6.07. The minimum Gasteiger partial charge on any atom is -0.378 e. The first-order valence-electron chi connectivity index (χ1n) is 8.77. The summed E-state index contributed by atoms with van der Waals surface area (Å²) in [4.78, 5) is 32.1. The van der Waals surface area contributed by atoms with Crippen molar-refractivity contribution >= 4 is 17.5 Å². The van der Waals surface area contributed by atoms with Crippen molar-refractivity contribution in [2.24, 2.45) is 0 Å². The Morgan fingerprint density at radius 3 is 2.07 bits per heavy atom. The number of amides is 2. The smallest absolute Gasteiger partial charge is 0.309 e. The van der Waals surface area contributed by atoms with Crippen molar-refractivity contribution in [3.05, 3.63) is 59.9 Å². The highest BCUT2D eigenvalue weighted by Gasteiger charge is 2.18. The molecule has 2 amide bonds. The zero-order chi connectivity index (χ0) is 19.8. The first-order valence-corrected chi connectivity index (χ1v) is 8.77. The van der Waals surface area contributed by atoms with Crippen molar-refractivity contribution in [1.29, 1.82) is 0 Å². The number of rotatable bonds is 7. The Labute approximate surface area is 160 Å². The second-order valence-corrected chi connectivity index (χ2v) is 6.71. The van der Waals surface area contributed by atoms with Crippen LogP contribution >= 0.6 is 0 Å². The molecule has 27 heavy (non-hydrogen) atoms. The number of anilines is 1. The minimum atomic E-state index is -0.646. The Morgan fingerprint density at radius 2 is 1.52 bits per heavy atom. The van der Waals surface area contributed by atoms with Crippen molar-refractivity contribution in [3.8, 4) is 0 Å². The monoisotopic (exact) mass is 369 g/mol. The molecule has 1 atom stereocenters. The molecule has 1 aromatic carbocycles. The molecule has 0 saturated carbocycles. The largest absolute Gasteiger partial charge is 0.378 e. The molecule has 0 aliphatic heterocycles. The van der Waals surface area contributed by atoms with Gasteiger partial charge in [-0.25, -0.2) is 0 Å². The molecule has 0 fully saturated rings. The molecule has 2 rings (SSSR count). The van der Waals surface area contributed by atoms with Crippen molar-refractivity contribution in [3.63, 3.8) is 0 Å². The third-order valence-corrected chi connectivity index (χ3v) is 4.28. The van der Waals surface area contributed by atoms with Gasteiger partial charge in [-0.1, -0.05) is 12.1 Å². The van der Waals surface area contributed by atoms with E-state index in [2.05, 4.69) is 15.6 Å². The molecule has 1 heterocycles. The molecule has 7 heteroatoms. The van der Waals surface area contributed by atoms with Gasteiger partial charge in [-0.2, -0.15) is 0 Å². The van der Waals surface area contributed by atoms with Crippen molar-refractivity contribution in [1.82, 2.24) is 20.5 Å². The number of benzene rings is 1. The standard InChI is InChI=1S/C20H27N5O2/c1-24(2)17-7-5-16(6-8-17)18(25(3)4)14-23-20(27)19(26)22-13-15-9-11-21-12-10-15/h5-12,18H,13-14H2,1-4H3,(H,22,26)(H,23,27). The number of carbonyl (C=O) groups is 2. The van der Waals surface area contributed by atoms with Crippen LogP contribution in [0.15, 0.2) is 48.8 Å². The molecule has 7 nitrogen and oxygen atoms in total. The van der Waals surface area contributed by atoms with Crippen LogP contribution in [-0.4, -0.2) is 56.4 Å². The summed E-state index contributed by atoms with van der Waals surface area (Å²) in [6.07, 6.45) is 3.29. The lowest BCUT2D eigenvalue weighted by atomic mass is 10.1. The van der Waals surface area contributed by atoms with E-state index >= 15 is 0 Å². The Morgan fingerprint density at radius 1 is 0.926 bits per heavy atom. The maximum atomic E-state index is 12.1. The molecule has 0 spiro atoms. The van der Waals surface area contributed by atoms with E-state index in [1.165, 1.54) is 0 Å². The van der Waals surface area contributed by atoms with Gasteiger partial charge in [0, 0.05) is 45.3 Å². The fraction of sp³-hybridized carbons (Fsp3) is 0.350. The molecule has 2 N–H and O–H groups in total. The summed E-state index contributed by atoms with van der Waals surface area (Å²) in [6, 6.07) is 11.7. The topological polar surface area (TPSA) is 77.6 Å². The first kappa shape index (κ1) is 20.4. The Balaban J connectivity index is 1.90. The Hall–Kier alpha value is -2.93. The second kappa shape index (κ2) is 9.68. The van der Waals surface area contributed by atoms with Crippen LogP contribution in [0.3, 0.4) is 0 Å². The fourth-order valence-electron chi connectivity index (χ4n) is 2.63. The van der Waals surface area contributed by atoms with Crippen LogP contribution in [0.25, 0.3) is 0 Å². The van der Waals surface area contributed by atoms with Gasteiger partial charge >= 0.3 is 11.8 Å². The van der Waals surface area contributed by atoms with Gasteiger partial charge < -0.3 is 20.4 Å². The van der Waals surface area contributed by atoms with E-state index in [0.29, 0.717) is 6.54 Å². The number of nitrogens with zero attached hydrogens (tertiary/aromatic N) is 3. The molecule has 2 aromatic rings. The van der Waals surface area contributed by atoms with Gasteiger partial charge in [0.15, 0.2) is 0 Å². The lowest BCUT2D eigenvalue weighted by molar-refractivity contribution is -0.139. The average molecular weight is 369 g/mol. The van der Waals surface area contributed by atoms with Gasteiger partial charge in [-0.05, 0) is 49.5 Å². The van der Waals surface area contributed by atoms with E-state index in [1.807, 2.05) is 62.3 Å². The second-order valence-electron chi connectivity index (χ2n) is 6.71. The zero-order valence-electron chi connectivity index (χ0n) is 16.3. The van der Waals surface area contributed by atoms with Gasteiger partial charge in [0.25, 0.3) is 0 Å². The van der Waals surface area contributed by atoms with Crippen LogP contribution in [0.5, 0.6) is 0 Å². The molecule has 0 saturated heterocycles. The van der Waals surface area contributed by atoms with Crippen LogP contribution in [0.4, 0.5) is 5.69 Å². The van der Waals surface area contributed by atoms with Gasteiger partial charge in [0.05, 0.1) is 6.04 Å². The lowest BCUT2D eigenvalue weighted by Gasteiger charge is -2.25. The summed E-state index contributed by atoms with van der Waals surface area (Å²) in [5, 5.41) is 5.33. The quantitative estimate of drug-likeness (QED) is 0.717. The number of nitrogens with one attached hydrogen (secondary N) is 2. The van der Waals surface area contributed by atoms with E-state index in [-0.39, 0.29) is 12.6 Å². The Kier molecular flexibility index (Phi) is 7.31. The molecular formula is C20H27N5O2. The van der Waals surface area contributed by atoms with Crippen LogP contribution in [0, 0.1) is 0 Å². The van der Waals surface area contributed by atoms with E-state index < -0.39 is 11.8 Å². The molecule has 0 radical (unpaired) electrons. The van der Waals surface area contributed by atoms with Crippen LogP contribution in [0.2, 0.25) is 0 Å². The molecule has 0 aliphatic rings. The van der Waals surface area contributed by atoms with Crippen LogP contribution in [0.1, 0.15) is 17.2 Å². The van der Waals surface area contributed by atoms with E-state index in [1.54, 1.807) is 24.5 Å². The van der Waals surface area contributed by atoms with E-state index in [0.717, 1.165) is 16.8 Å². The van der Waals surface area contributed by atoms with E-state index in [9.17, 15) is 9.59 Å². The maximum Gasteiger partial charge on any atom is 0.309 e. The predicted molar refractivity (Wildman–Crippen MR) is 106 cm³/mol. The van der Waals surface area contributed by atoms with Crippen LogP contribution < -0.4 is 15.5 Å². The average Bonchev–Trinajstić information content (AvgIpc) is 2.67. The third-order valence-electron chi connectivity index (χ3n) is 4.28. The first-order chi connectivity index (χ1) is 12.9. The predicted octanol–water partition coefficient (Wildman–Crippen LogP) is 1.18. The fourth-order valence-corrected chi connectivity index (χ4v) is 2.63. The summed E-state index contributed by atoms with van der Waals surface area (Å²) < 4.78 is 0. The highest BCUT2D eigenvalue weighted by molar-refractivity contribution is 6.35. The van der Waals surface area contributed by atoms with Crippen LogP contribution in [-0.2, 0) is 16.1 Å². The number of likely N-dealkylation sites (N-methyl/N-ethyl adjacent to an activating group) is 1. The highest BCUT2D eigenvalue weighted by Crippen LogP contribution is 2.20. The van der Waals surface area contributed by atoms with Gasteiger partial charge in [0.2, 0.25) is 0 Å². The lowest BCUT2D eigenvalue weighted by Crippen LogP contribution is -2.42. The molecule has 0 bridgehead atoms. The normalized spacial score (nSPS) is 11.7. The summed E-state index contributed by atoms with van der Waals surface area (Å²) in [5.41, 5.74) is 3.07. The molecular weight excluding hydrogens is 342 g/mol. The zero-order valence-corrected chi connectivity index (χ0v) is 16.3. The summed E-state index contributed by atoms with van der Waals surface area (Å²) in [7, 11) is 7.87. The minimum absolute atomic E-state index is 0.0295. The maximum absolute atomic E-state index is 12.1. The molecule has 1 aromatic heterocycles. The Bertz CT molecular complexity index is 745. The highest BCUT2D eigenvalue weighted by atomic mass is 16.2. The summed E-state index contributed by atoms with van der Waals surface area (Å²) >= 11 is 0. The number of carbonyl (C=O) groups excluding carboxylic acids is 2. The summed E-state index contributed by atoms with van der Waals surface area (Å²) in [6.45, 7) is 0.633. The molecule has 1 unspecified atom stereocenters. The summed E-state index contributed by atoms with van der Waals surface area (Å²) in [5.74, 6) is -1.28. The number of hydrogen-bond acceptors (Lipinski definition) is 5. The number of aromatic nitrogens is 1.